The van der Waals surface area contributed by atoms with Crippen LogP contribution >= 0.6 is 0 Å². The van der Waals surface area contributed by atoms with Crippen LogP contribution in [0.25, 0.3) is 0 Å². The lowest BCUT2D eigenvalue weighted by Crippen LogP contribution is -2.20. The van der Waals surface area contributed by atoms with Crippen molar-refractivity contribution in [3.63, 3.8) is 0 Å². The lowest BCUT2D eigenvalue weighted by atomic mass is 10.4. The summed E-state index contributed by atoms with van der Waals surface area (Å²) >= 11 is 0. The van der Waals surface area contributed by atoms with Crippen molar-refractivity contribution in [3.05, 3.63) is 18.2 Å². The molecule has 2 rings (SSSR count). The number of hydrogen-bond donors (Lipinski definition) is 1. The summed E-state index contributed by atoms with van der Waals surface area (Å²) in [4.78, 5) is 4.17. The Hall–Kier alpha value is -0.870. The van der Waals surface area contributed by atoms with E-state index in [1.807, 2.05) is 12.5 Å². The SMILES string of the molecule is COCCNCc1cncn1C1CC1. The molecule has 1 saturated carbocycles. The zero-order chi connectivity index (χ0) is 9.80. The smallest absolute Gasteiger partial charge is 0.0951 e. The van der Waals surface area contributed by atoms with Gasteiger partial charge in [0.05, 0.1) is 18.6 Å². The molecule has 0 aliphatic heterocycles. The molecule has 4 nitrogen and oxygen atoms in total. The maximum absolute atomic E-state index is 4.97. The summed E-state index contributed by atoms with van der Waals surface area (Å²) in [6.07, 6.45) is 6.49. The Kier molecular flexibility index (Phi) is 3.16. The molecular weight excluding hydrogens is 178 g/mol. The van der Waals surface area contributed by atoms with Crippen molar-refractivity contribution in [1.82, 2.24) is 14.9 Å². The lowest BCUT2D eigenvalue weighted by Gasteiger charge is -2.07. The van der Waals surface area contributed by atoms with E-state index in [2.05, 4.69) is 14.9 Å². The fraction of sp³-hybridized carbons (Fsp3) is 0.700. The first-order valence-electron chi connectivity index (χ1n) is 5.12. The van der Waals surface area contributed by atoms with Crippen LogP contribution in [0.3, 0.4) is 0 Å². The van der Waals surface area contributed by atoms with Crippen molar-refractivity contribution >= 4 is 0 Å². The Morgan fingerprint density at radius 3 is 3.21 bits per heavy atom. The summed E-state index contributed by atoms with van der Waals surface area (Å²) in [5, 5.41) is 3.33. The van der Waals surface area contributed by atoms with Gasteiger partial charge in [-0.1, -0.05) is 0 Å². The number of imidazole rings is 1. The van der Waals surface area contributed by atoms with Gasteiger partial charge in [0, 0.05) is 32.4 Å². The van der Waals surface area contributed by atoms with Gasteiger partial charge in [-0.2, -0.15) is 0 Å². The highest BCUT2D eigenvalue weighted by molar-refractivity contribution is 5.03. The molecule has 0 radical (unpaired) electrons. The van der Waals surface area contributed by atoms with Gasteiger partial charge in [0.15, 0.2) is 0 Å². The molecule has 4 heteroatoms. The van der Waals surface area contributed by atoms with Gasteiger partial charge in [0.2, 0.25) is 0 Å². The lowest BCUT2D eigenvalue weighted by molar-refractivity contribution is 0.199. The van der Waals surface area contributed by atoms with Crippen LogP contribution < -0.4 is 5.32 Å². The van der Waals surface area contributed by atoms with Crippen LogP contribution in [-0.4, -0.2) is 29.8 Å². The summed E-state index contributed by atoms with van der Waals surface area (Å²) in [6.45, 7) is 2.55. The van der Waals surface area contributed by atoms with E-state index in [4.69, 9.17) is 4.74 Å². The zero-order valence-corrected chi connectivity index (χ0v) is 8.57. The first-order chi connectivity index (χ1) is 6.92. The molecule has 0 amide bonds. The fourth-order valence-corrected chi connectivity index (χ4v) is 1.54. The molecule has 1 N–H and O–H groups in total. The monoisotopic (exact) mass is 195 g/mol. The molecule has 0 atom stereocenters. The van der Waals surface area contributed by atoms with Gasteiger partial charge >= 0.3 is 0 Å². The van der Waals surface area contributed by atoms with Gasteiger partial charge in [-0.3, -0.25) is 0 Å². The molecule has 1 fully saturated rings. The first kappa shape index (κ1) is 9.68. The van der Waals surface area contributed by atoms with E-state index in [9.17, 15) is 0 Å². The second-order valence-electron chi connectivity index (χ2n) is 3.69. The van der Waals surface area contributed by atoms with Crippen LogP contribution in [0.5, 0.6) is 0 Å². The highest BCUT2D eigenvalue weighted by atomic mass is 16.5. The highest BCUT2D eigenvalue weighted by Crippen LogP contribution is 2.35. The third kappa shape index (κ3) is 2.33. The molecule has 0 aromatic carbocycles. The molecule has 0 bridgehead atoms. The molecule has 0 unspecified atom stereocenters. The van der Waals surface area contributed by atoms with Crippen LogP contribution in [0.2, 0.25) is 0 Å². The molecule has 0 spiro atoms. The van der Waals surface area contributed by atoms with Crippen LogP contribution in [-0.2, 0) is 11.3 Å². The van der Waals surface area contributed by atoms with Crippen LogP contribution in [0.4, 0.5) is 0 Å². The molecule has 78 valence electrons. The standard InChI is InChI=1S/C10H17N3O/c1-14-5-4-11-6-10-7-12-8-13(10)9-2-3-9/h7-9,11H,2-6H2,1H3. The fourth-order valence-electron chi connectivity index (χ4n) is 1.54. The van der Waals surface area contributed by atoms with E-state index in [1.54, 1.807) is 7.11 Å². The van der Waals surface area contributed by atoms with Gasteiger partial charge in [-0.05, 0) is 12.8 Å². The van der Waals surface area contributed by atoms with E-state index in [1.165, 1.54) is 18.5 Å². The van der Waals surface area contributed by atoms with Crippen molar-refractivity contribution in [2.75, 3.05) is 20.3 Å². The van der Waals surface area contributed by atoms with E-state index in [-0.39, 0.29) is 0 Å². The third-order valence-electron chi connectivity index (χ3n) is 2.48. The summed E-state index contributed by atoms with van der Waals surface area (Å²) < 4.78 is 7.24. The van der Waals surface area contributed by atoms with Gasteiger partial charge < -0.3 is 14.6 Å². The largest absolute Gasteiger partial charge is 0.383 e. The first-order valence-corrected chi connectivity index (χ1v) is 5.12. The summed E-state index contributed by atoms with van der Waals surface area (Å²) in [7, 11) is 1.72. The number of nitrogens with zero attached hydrogens (tertiary/aromatic N) is 2. The molecule has 14 heavy (non-hydrogen) atoms. The Balaban J connectivity index is 1.80. The average Bonchev–Trinajstić information content (AvgIpc) is 2.94. The number of methoxy groups -OCH3 is 1. The Morgan fingerprint density at radius 1 is 1.64 bits per heavy atom. The van der Waals surface area contributed by atoms with Gasteiger partial charge in [0.25, 0.3) is 0 Å². The van der Waals surface area contributed by atoms with Gasteiger partial charge in [-0.25, -0.2) is 4.98 Å². The quantitative estimate of drug-likeness (QED) is 0.687. The number of hydrogen-bond acceptors (Lipinski definition) is 3. The Bertz CT molecular complexity index is 281. The Labute approximate surface area is 84.3 Å². The molecule has 0 saturated heterocycles. The summed E-state index contributed by atoms with van der Waals surface area (Å²) in [6, 6.07) is 0.719. The molecule has 1 aliphatic rings. The second-order valence-corrected chi connectivity index (χ2v) is 3.69. The van der Waals surface area contributed by atoms with E-state index < -0.39 is 0 Å². The number of rotatable bonds is 6. The average molecular weight is 195 g/mol. The van der Waals surface area contributed by atoms with E-state index in [0.29, 0.717) is 0 Å². The normalized spacial score (nSPS) is 16.1. The van der Waals surface area contributed by atoms with Crippen molar-refractivity contribution < 1.29 is 4.74 Å². The van der Waals surface area contributed by atoms with Crippen molar-refractivity contribution in [3.8, 4) is 0 Å². The van der Waals surface area contributed by atoms with Crippen molar-refractivity contribution in [2.45, 2.75) is 25.4 Å². The molecular formula is C10H17N3O. The minimum absolute atomic E-state index is 0.719. The van der Waals surface area contributed by atoms with Gasteiger partial charge in [-0.15, -0.1) is 0 Å². The minimum atomic E-state index is 0.719. The van der Waals surface area contributed by atoms with Gasteiger partial charge in [0.1, 0.15) is 0 Å². The maximum Gasteiger partial charge on any atom is 0.0951 e. The maximum atomic E-state index is 4.97. The van der Waals surface area contributed by atoms with Crippen LogP contribution in [0.1, 0.15) is 24.6 Å². The summed E-state index contributed by atoms with van der Waals surface area (Å²) in [5.74, 6) is 0. The van der Waals surface area contributed by atoms with Crippen molar-refractivity contribution in [1.29, 1.82) is 0 Å². The number of aromatic nitrogens is 2. The predicted octanol–water partition coefficient (Wildman–Crippen LogP) is 0.954. The van der Waals surface area contributed by atoms with E-state index in [0.717, 1.165) is 25.7 Å². The predicted molar refractivity (Wildman–Crippen MR) is 54.1 cm³/mol. The molecule has 1 aromatic rings. The van der Waals surface area contributed by atoms with Crippen LogP contribution in [0.15, 0.2) is 12.5 Å². The molecule has 1 aromatic heterocycles. The van der Waals surface area contributed by atoms with Crippen LogP contribution in [0, 0.1) is 0 Å². The minimum Gasteiger partial charge on any atom is -0.383 e. The Morgan fingerprint density at radius 2 is 2.50 bits per heavy atom. The highest BCUT2D eigenvalue weighted by Gasteiger charge is 2.24. The second kappa shape index (κ2) is 4.57. The zero-order valence-electron chi connectivity index (χ0n) is 8.57. The third-order valence-corrected chi connectivity index (χ3v) is 2.48. The van der Waals surface area contributed by atoms with E-state index >= 15 is 0 Å². The topological polar surface area (TPSA) is 39.1 Å². The van der Waals surface area contributed by atoms with Crippen molar-refractivity contribution in [2.24, 2.45) is 0 Å². The summed E-state index contributed by atoms with van der Waals surface area (Å²) in [5.41, 5.74) is 1.28. The number of ether oxygens (including phenoxy) is 1. The molecule has 1 aliphatic carbocycles. The molecule has 1 heterocycles. The number of nitrogens with one attached hydrogen (secondary N) is 1.